The summed E-state index contributed by atoms with van der Waals surface area (Å²) in [7, 11) is 1.62. The van der Waals surface area contributed by atoms with Crippen molar-refractivity contribution < 1.29 is 23.9 Å². The molecule has 3 aromatic carbocycles. The van der Waals surface area contributed by atoms with Crippen LogP contribution in [0.5, 0.6) is 5.75 Å². The number of benzene rings is 3. The van der Waals surface area contributed by atoms with E-state index in [0.717, 1.165) is 15.8 Å². The molecule has 1 fully saturated rings. The third kappa shape index (κ3) is 7.70. The van der Waals surface area contributed by atoms with E-state index in [1.54, 1.807) is 55.3 Å². The van der Waals surface area contributed by atoms with E-state index < -0.39 is 11.2 Å². The molecule has 1 aliphatic heterocycles. The van der Waals surface area contributed by atoms with Gasteiger partial charge in [-0.05, 0) is 79.6 Å². The molecule has 3 aromatic rings. The smallest absolute Gasteiger partial charge is 0.338 e. The zero-order valence-electron chi connectivity index (χ0n) is 21.6. The van der Waals surface area contributed by atoms with Gasteiger partial charge in [-0.25, -0.2) is 9.79 Å². The molecule has 1 heterocycles. The van der Waals surface area contributed by atoms with Crippen LogP contribution >= 0.6 is 27.7 Å². The van der Waals surface area contributed by atoms with E-state index in [4.69, 9.17) is 14.5 Å². The molecule has 1 saturated heterocycles. The minimum Gasteiger partial charge on any atom is -0.497 e. The molecule has 39 heavy (non-hydrogen) atoms. The second kappa shape index (κ2) is 13.4. The van der Waals surface area contributed by atoms with Crippen molar-refractivity contribution in [1.82, 2.24) is 4.90 Å². The van der Waals surface area contributed by atoms with E-state index in [9.17, 15) is 14.4 Å². The van der Waals surface area contributed by atoms with Crippen LogP contribution in [-0.4, -0.2) is 53.4 Å². The standard InChI is InChI=1S/C29H28BrN3O5S/c1-3-38-28(36)20-6-10-23(11-7-20)32-29-33(17-16-19-4-14-24(37-2)15-5-19)26(34)18-25(39-29)27(35)31-22-12-8-21(30)9-13-22/h4-15,25H,3,16-18H2,1-2H3,(H,31,35)/t25-/m0/s1. The normalized spacial score (nSPS) is 16.2. The second-order valence-electron chi connectivity index (χ2n) is 8.61. The molecule has 0 aromatic heterocycles. The lowest BCUT2D eigenvalue weighted by molar-refractivity contribution is -0.129. The van der Waals surface area contributed by atoms with E-state index in [2.05, 4.69) is 21.2 Å². The number of rotatable bonds is 9. The van der Waals surface area contributed by atoms with Crippen LogP contribution in [0.4, 0.5) is 11.4 Å². The van der Waals surface area contributed by atoms with Crippen molar-refractivity contribution in [3.63, 3.8) is 0 Å². The summed E-state index contributed by atoms with van der Waals surface area (Å²) in [4.78, 5) is 44.8. The van der Waals surface area contributed by atoms with Crippen molar-refractivity contribution in [3.8, 4) is 5.75 Å². The summed E-state index contributed by atoms with van der Waals surface area (Å²) in [5, 5.41) is 2.68. The van der Waals surface area contributed by atoms with Gasteiger partial charge in [-0.15, -0.1) is 0 Å². The molecule has 2 amide bonds. The van der Waals surface area contributed by atoms with Crippen LogP contribution in [0.25, 0.3) is 0 Å². The lowest BCUT2D eigenvalue weighted by Crippen LogP contribution is -2.46. The van der Waals surface area contributed by atoms with Crippen molar-refractivity contribution >= 4 is 62.0 Å². The van der Waals surface area contributed by atoms with Crippen molar-refractivity contribution in [2.75, 3.05) is 25.6 Å². The predicted molar refractivity (Wildman–Crippen MR) is 157 cm³/mol. The summed E-state index contributed by atoms with van der Waals surface area (Å²) in [5.41, 5.74) is 2.66. The summed E-state index contributed by atoms with van der Waals surface area (Å²) in [5.74, 6) is -0.0998. The van der Waals surface area contributed by atoms with E-state index in [1.807, 2.05) is 36.4 Å². The number of nitrogens with one attached hydrogen (secondary N) is 1. The Bertz CT molecular complexity index is 1340. The number of hydrogen-bond donors (Lipinski definition) is 1. The van der Waals surface area contributed by atoms with Gasteiger partial charge < -0.3 is 14.8 Å². The molecule has 0 radical (unpaired) electrons. The number of hydrogen-bond acceptors (Lipinski definition) is 7. The lowest BCUT2D eigenvalue weighted by atomic mass is 10.1. The van der Waals surface area contributed by atoms with Crippen molar-refractivity contribution in [2.24, 2.45) is 4.99 Å². The van der Waals surface area contributed by atoms with Crippen LogP contribution in [0.1, 0.15) is 29.3 Å². The number of carbonyl (C=O) groups is 3. The Morgan fingerprint density at radius 1 is 1.05 bits per heavy atom. The fourth-order valence-corrected chi connectivity index (χ4v) is 5.24. The van der Waals surface area contributed by atoms with Gasteiger partial charge in [0.2, 0.25) is 11.8 Å². The monoisotopic (exact) mass is 609 g/mol. The van der Waals surface area contributed by atoms with Crippen LogP contribution < -0.4 is 10.1 Å². The fraction of sp³-hybridized carbons (Fsp3) is 0.241. The molecule has 0 bridgehead atoms. The molecular formula is C29H28BrN3O5S. The number of nitrogens with zero attached hydrogens (tertiary/aromatic N) is 2. The van der Waals surface area contributed by atoms with Gasteiger partial charge in [0, 0.05) is 23.1 Å². The highest BCUT2D eigenvalue weighted by molar-refractivity contribution is 9.10. The number of amidine groups is 1. The summed E-state index contributed by atoms with van der Waals surface area (Å²) in [6.45, 7) is 2.44. The first-order chi connectivity index (χ1) is 18.9. The summed E-state index contributed by atoms with van der Waals surface area (Å²) >= 11 is 4.64. The predicted octanol–water partition coefficient (Wildman–Crippen LogP) is 5.84. The highest BCUT2D eigenvalue weighted by Crippen LogP contribution is 2.30. The van der Waals surface area contributed by atoms with Gasteiger partial charge in [0.25, 0.3) is 0 Å². The van der Waals surface area contributed by atoms with Gasteiger partial charge in [0.15, 0.2) is 5.17 Å². The average Bonchev–Trinajstić information content (AvgIpc) is 2.94. The lowest BCUT2D eigenvalue weighted by Gasteiger charge is -2.32. The number of thioether (sulfide) groups is 1. The summed E-state index contributed by atoms with van der Waals surface area (Å²) < 4.78 is 11.2. The molecule has 1 aliphatic rings. The molecule has 10 heteroatoms. The van der Waals surface area contributed by atoms with Crippen LogP contribution in [0.3, 0.4) is 0 Å². The molecular weight excluding hydrogens is 582 g/mol. The Labute approximate surface area is 239 Å². The second-order valence-corrected chi connectivity index (χ2v) is 10.7. The van der Waals surface area contributed by atoms with E-state index in [-0.39, 0.29) is 24.8 Å². The topological polar surface area (TPSA) is 97.3 Å². The number of aliphatic imine (C=N–C) groups is 1. The van der Waals surface area contributed by atoms with E-state index >= 15 is 0 Å². The molecule has 1 N–H and O–H groups in total. The third-order valence-corrected chi connectivity index (χ3v) is 7.65. The number of amides is 2. The molecule has 8 nitrogen and oxygen atoms in total. The summed E-state index contributed by atoms with van der Waals surface area (Å²) in [6.07, 6.45) is 0.656. The van der Waals surface area contributed by atoms with Crippen LogP contribution in [0, 0.1) is 0 Å². The van der Waals surface area contributed by atoms with Crippen molar-refractivity contribution in [1.29, 1.82) is 0 Å². The highest BCUT2D eigenvalue weighted by atomic mass is 79.9. The van der Waals surface area contributed by atoms with E-state index in [1.165, 1.54) is 11.8 Å². The minimum absolute atomic E-state index is 0.0520. The molecule has 4 rings (SSSR count). The van der Waals surface area contributed by atoms with Gasteiger partial charge in [-0.1, -0.05) is 39.8 Å². The Morgan fingerprint density at radius 3 is 2.38 bits per heavy atom. The van der Waals surface area contributed by atoms with E-state index in [0.29, 0.717) is 35.1 Å². The first-order valence-electron chi connectivity index (χ1n) is 12.4. The Kier molecular flexibility index (Phi) is 9.78. The first kappa shape index (κ1) is 28.4. The summed E-state index contributed by atoms with van der Waals surface area (Å²) in [6, 6.07) is 21.6. The number of halogens is 1. The Hall–Kier alpha value is -3.63. The maximum absolute atomic E-state index is 13.3. The van der Waals surface area contributed by atoms with Gasteiger partial charge in [-0.3, -0.25) is 14.5 Å². The molecule has 0 spiro atoms. The van der Waals surface area contributed by atoms with Crippen LogP contribution in [0.2, 0.25) is 0 Å². The van der Waals surface area contributed by atoms with Crippen LogP contribution in [0.15, 0.2) is 82.3 Å². The average molecular weight is 611 g/mol. The number of ether oxygens (including phenoxy) is 2. The van der Waals surface area contributed by atoms with Gasteiger partial charge in [0.05, 0.1) is 25.0 Å². The number of esters is 1. The highest BCUT2D eigenvalue weighted by Gasteiger charge is 2.35. The van der Waals surface area contributed by atoms with Crippen LogP contribution in [-0.2, 0) is 20.7 Å². The first-order valence-corrected chi connectivity index (χ1v) is 14.1. The SMILES string of the molecule is CCOC(=O)c1ccc(N=C2S[C@H](C(=O)Nc3ccc(Br)cc3)CC(=O)N2CCc2ccc(OC)cc2)cc1. The largest absolute Gasteiger partial charge is 0.497 e. The quantitative estimate of drug-likeness (QED) is 0.306. The maximum atomic E-state index is 13.3. The third-order valence-electron chi connectivity index (χ3n) is 5.93. The molecule has 202 valence electrons. The Morgan fingerprint density at radius 2 is 1.74 bits per heavy atom. The minimum atomic E-state index is -0.643. The van der Waals surface area contributed by atoms with Gasteiger partial charge >= 0.3 is 5.97 Å². The zero-order chi connectivity index (χ0) is 27.8. The zero-order valence-corrected chi connectivity index (χ0v) is 24.0. The van der Waals surface area contributed by atoms with Gasteiger partial charge in [-0.2, -0.15) is 0 Å². The molecule has 0 unspecified atom stereocenters. The van der Waals surface area contributed by atoms with Gasteiger partial charge in [0.1, 0.15) is 11.0 Å². The fourth-order valence-electron chi connectivity index (χ4n) is 3.85. The van der Waals surface area contributed by atoms with Crippen molar-refractivity contribution in [2.45, 2.75) is 25.0 Å². The maximum Gasteiger partial charge on any atom is 0.338 e. The number of carbonyl (C=O) groups excluding carboxylic acids is 3. The molecule has 0 aliphatic carbocycles. The molecule has 0 saturated carbocycles. The van der Waals surface area contributed by atoms with Crippen molar-refractivity contribution in [3.05, 3.63) is 88.4 Å². The Balaban J connectivity index is 1.55. The number of methoxy groups -OCH3 is 1. The number of anilines is 1. The molecule has 1 atom stereocenters.